The van der Waals surface area contributed by atoms with Gasteiger partial charge in [0.2, 0.25) is 0 Å². The fraction of sp³-hybridized carbons (Fsp3) is 0.182. The zero-order chi connectivity index (χ0) is 10.8. The molecule has 0 aliphatic carbocycles. The molecule has 0 aliphatic rings. The van der Waals surface area contributed by atoms with E-state index in [0.717, 1.165) is 16.3 Å². The molecule has 0 unspecified atom stereocenters. The molecule has 0 N–H and O–H groups in total. The lowest BCUT2D eigenvalue weighted by Crippen LogP contribution is -1.85. The summed E-state index contributed by atoms with van der Waals surface area (Å²) in [5, 5.41) is 2.95. The predicted octanol–water partition coefficient (Wildman–Crippen LogP) is 3.69. The largest absolute Gasteiger partial charge is 0.240 e. The van der Waals surface area contributed by atoms with Gasteiger partial charge in [0.1, 0.15) is 10.8 Å². The number of aryl methyl sites for hydroxylation is 1. The van der Waals surface area contributed by atoms with Crippen LogP contribution in [0.15, 0.2) is 23.6 Å². The van der Waals surface area contributed by atoms with Crippen LogP contribution in [0.4, 0.5) is 4.39 Å². The van der Waals surface area contributed by atoms with Crippen LogP contribution in [0, 0.1) is 12.7 Å². The average molecular weight is 239 g/mol. The van der Waals surface area contributed by atoms with E-state index in [9.17, 15) is 4.39 Å². The third-order valence-corrected chi connectivity index (χ3v) is 3.50. The van der Waals surface area contributed by atoms with Crippen molar-refractivity contribution in [2.45, 2.75) is 12.7 Å². The van der Waals surface area contributed by atoms with Crippen LogP contribution in [0.1, 0.15) is 10.6 Å². The number of aromatic nitrogens is 1. The average Bonchev–Trinajstić information content (AvgIpc) is 2.70. The second-order valence-electron chi connectivity index (χ2n) is 3.25. The summed E-state index contributed by atoms with van der Waals surface area (Å²) in [6.45, 7) is 1.75. The van der Waals surface area contributed by atoms with Gasteiger partial charge < -0.3 is 0 Å². The van der Waals surface area contributed by atoms with E-state index in [1.165, 1.54) is 6.07 Å². The molecule has 0 atom stereocenters. The molecular weight excluding hydrogens is 229 g/mol. The molecule has 15 heavy (non-hydrogen) atoms. The van der Waals surface area contributed by atoms with Crippen LogP contribution in [-0.4, -0.2) is 4.98 Å². The van der Waals surface area contributed by atoms with Gasteiger partial charge in [-0.15, -0.1) is 11.3 Å². The lowest BCUT2D eigenvalue weighted by molar-refractivity contribution is 0.619. The predicted molar refractivity (Wildman–Crippen MR) is 64.9 cm³/mol. The first-order valence-electron chi connectivity index (χ1n) is 4.52. The lowest BCUT2D eigenvalue weighted by Gasteiger charge is -1.99. The van der Waals surface area contributed by atoms with Crippen LogP contribution in [0.3, 0.4) is 0 Å². The zero-order valence-corrected chi connectivity index (χ0v) is 9.91. The Kier molecular flexibility index (Phi) is 3.07. The molecule has 1 aromatic carbocycles. The fourth-order valence-electron chi connectivity index (χ4n) is 1.32. The van der Waals surface area contributed by atoms with Crippen molar-refractivity contribution in [1.82, 2.24) is 4.98 Å². The minimum atomic E-state index is -0.177. The maximum Gasteiger partial charge on any atom is 0.126 e. The zero-order valence-electron chi connectivity index (χ0n) is 8.20. The number of thiol groups is 1. The summed E-state index contributed by atoms with van der Waals surface area (Å²) in [4.78, 5) is 4.39. The van der Waals surface area contributed by atoms with Crippen molar-refractivity contribution in [2.75, 3.05) is 0 Å². The van der Waals surface area contributed by atoms with Crippen LogP contribution in [0.2, 0.25) is 0 Å². The summed E-state index contributed by atoms with van der Waals surface area (Å²) in [5.74, 6) is 0.466. The first-order valence-corrected chi connectivity index (χ1v) is 6.03. The van der Waals surface area contributed by atoms with Gasteiger partial charge in [-0.3, -0.25) is 0 Å². The molecule has 1 aromatic heterocycles. The van der Waals surface area contributed by atoms with Crippen molar-refractivity contribution in [2.24, 2.45) is 0 Å². The molecule has 0 amide bonds. The number of nitrogens with zero attached hydrogens (tertiary/aromatic N) is 1. The molecule has 1 heterocycles. The van der Waals surface area contributed by atoms with E-state index in [1.54, 1.807) is 24.3 Å². The Balaban J connectivity index is 2.40. The number of rotatable bonds is 2. The monoisotopic (exact) mass is 239 g/mol. The Morgan fingerprint density at radius 1 is 1.47 bits per heavy atom. The Morgan fingerprint density at radius 2 is 2.27 bits per heavy atom. The van der Waals surface area contributed by atoms with Gasteiger partial charge in [-0.05, 0) is 30.7 Å². The van der Waals surface area contributed by atoms with E-state index in [0.29, 0.717) is 11.3 Å². The van der Waals surface area contributed by atoms with E-state index >= 15 is 0 Å². The van der Waals surface area contributed by atoms with Crippen molar-refractivity contribution >= 4 is 24.0 Å². The van der Waals surface area contributed by atoms with Gasteiger partial charge in [0.15, 0.2) is 0 Å². The maximum atomic E-state index is 13.1. The molecule has 4 heteroatoms. The van der Waals surface area contributed by atoms with Crippen molar-refractivity contribution in [3.63, 3.8) is 0 Å². The molecule has 0 fully saturated rings. The Labute approximate surface area is 97.4 Å². The number of halogens is 1. The van der Waals surface area contributed by atoms with Gasteiger partial charge in [0.25, 0.3) is 0 Å². The van der Waals surface area contributed by atoms with Gasteiger partial charge in [0.05, 0.1) is 5.69 Å². The van der Waals surface area contributed by atoms with Gasteiger partial charge in [-0.25, -0.2) is 9.37 Å². The smallest absolute Gasteiger partial charge is 0.126 e. The maximum absolute atomic E-state index is 13.1. The standard InChI is InChI=1S/C11H10FNS2/c1-7-4-8(2-3-9(7)12)10-6-15-11(5-14)13-10/h2-4,6,14H,5H2,1H3. The van der Waals surface area contributed by atoms with Crippen molar-refractivity contribution < 1.29 is 4.39 Å². The van der Waals surface area contributed by atoms with Crippen LogP contribution in [0.5, 0.6) is 0 Å². The van der Waals surface area contributed by atoms with E-state index in [-0.39, 0.29) is 5.82 Å². The summed E-state index contributed by atoms with van der Waals surface area (Å²) in [6, 6.07) is 5.04. The number of hydrogen-bond acceptors (Lipinski definition) is 3. The molecule has 1 nitrogen and oxygen atoms in total. The summed E-state index contributed by atoms with van der Waals surface area (Å²) in [5.41, 5.74) is 2.50. The lowest BCUT2D eigenvalue weighted by atomic mass is 10.1. The summed E-state index contributed by atoms with van der Waals surface area (Å²) >= 11 is 5.73. The topological polar surface area (TPSA) is 12.9 Å². The van der Waals surface area contributed by atoms with Crippen LogP contribution in [-0.2, 0) is 5.75 Å². The molecule has 2 aromatic rings. The first-order chi connectivity index (χ1) is 7.20. The van der Waals surface area contributed by atoms with Crippen LogP contribution < -0.4 is 0 Å². The van der Waals surface area contributed by atoms with E-state index < -0.39 is 0 Å². The first kappa shape index (κ1) is 10.6. The third-order valence-electron chi connectivity index (χ3n) is 2.14. The van der Waals surface area contributed by atoms with Gasteiger partial charge in [0, 0.05) is 16.7 Å². The SMILES string of the molecule is Cc1cc(-c2csc(CS)n2)ccc1F. The number of thiazole rings is 1. The van der Waals surface area contributed by atoms with Crippen molar-refractivity contribution in [3.05, 3.63) is 40.0 Å². The second kappa shape index (κ2) is 4.33. The minimum absolute atomic E-state index is 0.177. The second-order valence-corrected chi connectivity index (χ2v) is 4.51. The molecular formula is C11H10FNS2. The highest BCUT2D eigenvalue weighted by Gasteiger charge is 2.05. The molecule has 0 saturated carbocycles. The highest BCUT2D eigenvalue weighted by Crippen LogP contribution is 2.24. The van der Waals surface area contributed by atoms with Crippen LogP contribution >= 0.6 is 24.0 Å². The Bertz CT molecular complexity index is 479. The highest BCUT2D eigenvalue weighted by atomic mass is 32.1. The van der Waals surface area contributed by atoms with Crippen LogP contribution in [0.25, 0.3) is 11.3 Å². The summed E-state index contributed by atoms with van der Waals surface area (Å²) < 4.78 is 13.1. The summed E-state index contributed by atoms with van der Waals surface area (Å²) in [6.07, 6.45) is 0. The molecule has 0 spiro atoms. The highest BCUT2D eigenvalue weighted by molar-refractivity contribution is 7.79. The Hall–Kier alpha value is -0.870. The third kappa shape index (κ3) is 2.21. The van der Waals surface area contributed by atoms with E-state index in [1.807, 2.05) is 11.4 Å². The molecule has 78 valence electrons. The van der Waals surface area contributed by atoms with Gasteiger partial charge >= 0.3 is 0 Å². The van der Waals surface area contributed by atoms with Crippen molar-refractivity contribution in [1.29, 1.82) is 0 Å². The number of hydrogen-bond donors (Lipinski definition) is 1. The molecule has 0 radical (unpaired) electrons. The van der Waals surface area contributed by atoms with E-state index in [4.69, 9.17) is 0 Å². The van der Waals surface area contributed by atoms with Gasteiger partial charge in [-0.1, -0.05) is 0 Å². The Morgan fingerprint density at radius 3 is 2.87 bits per heavy atom. The van der Waals surface area contributed by atoms with E-state index in [2.05, 4.69) is 17.6 Å². The minimum Gasteiger partial charge on any atom is -0.240 e. The molecule has 0 bridgehead atoms. The summed E-state index contributed by atoms with van der Waals surface area (Å²) in [7, 11) is 0. The van der Waals surface area contributed by atoms with Gasteiger partial charge in [-0.2, -0.15) is 12.6 Å². The fourth-order valence-corrected chi connectivity index (χ4v) is 2.28. The molecule has 0 aliphatic heterocycles. The molecule has 2 rings (SSSR count). The number of benzene rings is 1. The van der Waals surface area contributed by atoms with Crippen molar-refractivity contribution in [3.8, 4) is 11.3 Å². The normalized spacial score (nSPS) is 10.6. The molecule has 0 saturated heterocycles. The quantitative estimate of drug-likeness (QED) is 0.789.